The fourth-order valence-electron chi connectivity index (χ4n) is 7.47. The topological polar surface area (TPSA) is 35.6 Å². The Morgan fingerprint density at radius 1 is 0.422 bits per heavy atom. The Labute approximate surface area is 258 Å². The van der Waals surface area contributed by atoms with Gasteiger partial charge in [0, 0.05) is 44.2 Å². The second kappa shape index (κ2) is 9.01. The predicted molar refractivity (Wildman–Crippen MR) is 188 cm³/mol. The Bertz CT molecular complexity index is 2780. The first-order valence-electron chi connectivity index (χ1n) is 15.4. The van der Waals surface area contributed by atoms with Gasteiger partial charge in [-0.15, -0.1) is 0 Å². The number of fused-ring (bicyclic) bond motifs is 13. The molecule has 0 saturated carbocycles. The first-order valence-corrected chi connectivity index (χ1v) is 15.4. The van der Waals surface area contributed by atoms with Crippen LogP contribution in [0.15, 0.2) is 140 Å². The molecule has 7 aromatic carbocycles. The lowest BCUT2D eigenvalue weighted by Gasteiger charge is -2.12. The molecule has 0 spiro atoms. The molecule has 0 fully saturated rings. The van der Waals surface area contributed by atoms with Crippen molar-refractivity contribution in [3.05, 3.63) is 145 Å². The monoisotopic (exact) mass is 574 g/mol. The quantitative estimate of drug-likeness (QED) is 0.193. The molecule has 0 N–H and O–H groups in total. The normalized spacial score (nSPS) is 12.1. The SMILES string of the molecule is Cc1ccc(-n2c3ccccc3c3c4c5ccccc5n(-c5ncc6c7ccccc7c7ccccc7c6n5)c4ccc32)cc1. The van der Waals surface area contributed by atoms with E-state index in [1.54, 1.807) is 0 Å². The molecule has 0 radical (unpaired) electrons. The van der Waals surface area contributed by atoms with Gasteiger partial charge in [0.2, 0.25) is 5.95 Å². The van der Waals surface area contributed by atoms with Crippen LogP contribution in [0.5, 0.6) is 0 Å². The summed E-state index contributed by atoms with van der Waals surface area (Å²) in [5.41, 5.74) is 7.95. The zero-order valence-corrected chi connectivity index (χ0v) is 24.6. The molecule has 0 aliphatic carbocycles. The molecule has 10 rings (SSSR count). The summed E-state index contributed by atoms with van der Waals surface area (Å²) in [6, 6.07) is 47.8. The van der Waals surface area contributed by atoms with Crippen LogP contribution in [0.3, 0.4) is 0 Å². The van der Waals surface area contributed by atoms with Crippen LogP contribution in [0.25, 0.3) is 87.7 Å². The summed E-state index contributed by atoms with van der Waals surface area (Å²) >= 11 is 0. The summed E-state index contributed by atoms with van der Waals surface area (Å²) in [5, 5.41) is 10.7. The number of para-hydroxylation sites is 2. The molecule has 0 unspecified atom stereocenters. The summed E-state index contributed by atoms with van der Waals surface area (Å²) in [6.45, 7) is 2.13. The lowest BCUT2D eigenvalue weighted by Crippen LogP contribution is -2.01. The molecule has 210 valence electrons. The van der Waals surface area contributed by atoms with Gasteiger partial charge in [0.25, 0.3) is 0 Å². The molecule has 4 heteroatoms. The van der Waals surface area contributed by atoms with E-state index < -0.39 is 0 Å². The molecular formula is C41H26N4. The maximum absolute atomic E-state index is 5.35. The smallest absolute Gasteiger partial charge is 0.235 e. The van der Waals surface area contributed by atoms with Crippen molar-refractivity contribution in [1.29, 1.82) is 0 Å². The number of rotatable bonds is 2. The average molecular weight is 575 g/mol. The van der Waals surface area contributed by atoms with Gasteiger partial charge in [-0.3, -0.25) is 4.57 Å². The summed E-state index contributed by atoms with van der Waals surface area (Å²) in [5.74, 6) is 0.677. The van der Waals surface area contributed by atoms with Crippen molar-refractivity contribution in [3.8, 4) is 11.6 Å². The summed E-state index contributed by atoms with van der Waals surface area (Å²) in [4.78, 5) is 10.4. The van der Waals surface area contributed by atoms with Gasteiger partial charge >= 0.3 is 0 Å². The van der Waals surface area contributed by atoms with Crippen LogP contribution in [-0.4, -0.2) is 19.1 Å². The minimum absolute atomic E-state index is 0.677. The zero-order chi connectivity index (χ0) is 29.6. The molecule has 0 amide bonds. The Balaban J connectivity index is 1.34. The third kappa shape index (κ3) is 3.31. The molecule has 0 bridgehead atoms. The van der Waals surface area contributed by atoms with Crippen LogP contribution in [0.4, 0.5) is 0 Å². The van der Waals surface area contributed by atoms with E-state index >= 15 is 0 Å². The first kappa shape index (κ1) is 24.4. The van der Waals surface area contributed by atoms with Crippen molar-refractivity contribution in [2.45, 2.75) is 6.92 Å². The van der Waals surface area contributed by atoms with E-state index in [1.807, 2.05) is 6.20 Å². The average Bonchev–Trinajstić information content (AvgIpc) is 3.61. The van der Waals surface area contributed by atoms with Gasteiger partial charge in [-0.25, -0.2) is 9.97 Å². The molecule has 4 nitrogen and oxygen atoms in total. The van der Waals surface area contributed by atoms with E-state index in [0.29, 0.717) is 5.95 Å². The predicted octanol–water partition coefficient (Wildman–Crippen LogP) is 10.4. The molecule has 45 heavy (non-hydrogen) atoms. The largest absolute Gasteiger partial charge is 0.309 e. The lowest BCUT2D eigenvalue weighted by molar-refractivity contribution is 1.01. The van der Waals surface area contributed by atoms with Crippen LogP contribution in [0, 0.1) is 6.92 Å². The Morgan fingerprint density at radius 3 is 1.56 bits per heavy atom. The van der Waals surface area contributed by atoms with E-state index in [0.717, 1.165) is 33.0 Å². The maximum atomic E-state index is 5.35. The van der Waals surface area contributed by atoms with Gasteiger partial charge in [0.05, 0.1) is 27.6 Å². The van der Waals surface area contributed by atoms with Crippen molar-refractivity contribution < 1.29 is 0 Å². The van der Waals surface area contributed by atoms with Gasteiger partial charge in [0.1, 0.15) is 0 Å². The van der Waals surface area contributed by atoms with Crippen molar-refractivity contribution in [2.75, 3.05) is 0 Å². The number of benzene rings is 7. The van der Waals surface area contributed by atoms with Crippen LogP contribution in [0.2, 0.25) is 0 Å². The molecule has 3 heterocycles. The molecule has 0 atom stereocenters. The molecular weight excluding hydrogens is 548 g/mol. The number of nitrogens with zero attached hydrogens (tertiary/aromatic N) is 4. The van der Waals surface area contributed by atoms with Gasteiger partial charge < -0.3 is 4.57 Å². The summed E-state index contributed by atoms with van der Waals surface area (Å²) in [7, 11) is 0. The van der Waals surface area contributed by atoms with E-state index in [-0.39, 0.29) is 0 Å². The van der Waals surface area contributed by atoms with Crippen LogP contribution < -0.4 is 0 Å². The molecule has 0 saturated heterocycles. The molecule has 3 aromatic heterocycles. The van der Waals surface area contributed by atoms with Gasteiger partial charge in [-0.1, -0.05) is 103 Å². The maximum Gasteiger partial charge on any atom is 0.235 e. The number of hydrogen-bond donors (Lipinski definition) is 0. The third-order valence-electron chi connectivity index (χ3n) is 9.43. The molecule has 10 aromatic rings. The van der Waals surface area contributed by atoms with Crippen molar-refractivity contribution >= 4 is 76.1 Å². The summed E-state index contributed by atoms with van der Waals surface area (Å²) < 4.78 is 4.63. The number of hydrogen-bond acceptors (Lipinski definition) is 2. The molecule has 0 aliphatic rings. The minimum Gasteiger partial charge on any atom is -0.309 e. The van der Waals surface area contributed by atoms with E-state index in [9.17, 15) is 0 Å². The first-order chi connectivity index (χ1) is 22.3. The summed E-state index contributed by atoms with van der Waals surface area (Å²) in [6.07, 6.45) is 2.01. The second-order valence-corrected chi connectivity index (χ2v) is 11.9. The minimum atomic E-state index is 0.677. The van der Waals surface area contributed by atoms with Crippen LogP contribution in [-0.2, 0) is 0 Å². The molecule has 0 aliphatic heterocycles. The lowest BCUT2D eigenvalue weighted by atomic mass is 9.98. The van der Waals surface area contributed by atoms with Crippen LogP contribution >= 0.6 is 0 Å². The van der Waals surface area contributed by atoms with E-state index in [1.165, 1.54) is 54.3 Å². The van der Waals surface area contributed by atoms with Gasteiger partial charge in [-0.2, -0.15) is 0 Å². The highest BCUT2D eigenvalue weighted by Crippen LogP contribution is 2.42. The Morgan fingerprint density at radius 2 is 0.911 bits per heavy atom. The van der Waals surface area contributed by atoms with Gasteiger partial charge in [0.15, 0.2) is 0 Å². The number of aryl methyl sites for hydroxylation is 1. The Kier molecular flexibility index (Phi) is 4.89. The highest BCUT2D eigenvalue weighted by atomic mass is 15.2. The Hall–Kier alpha value is -6.00. The fraction of sp³-hybridized carbons (Fsp3) is 0.0244. The number of aromatic nitrogens is 4. The second-order valence-electron chi connectivity index (χ2n) is 11.9. The zero-order valence-electron chi connectivity index (χ0n) is 24.6. The standard InChI is InChI=1S/C41H26N4/c1-25-18-20-26(21-19-25)44-34-16-8-6-14-31(34)38-36(44)22-23-37-39(38)32-15-7-9-17-35(32)45(37)41-42-24-33-29-12-3-2-10-27(29)28-11-4-5-13-30(28)40(33)43-41/h2-24H,1H3. The van der Waals surface area contributed by atoms with Gasteiger partial charge in [-0.05, 0) is 59.5 Å². The van der Waals surface area contributed by atoms with Crippen LogP contribution in [0.1, 0.15) is 5.56 Å². The van der Waals surface area contributed by atoms with Crippen molar-refractivity contribution in [3.63, 3.8) is 0 Å². The van der Waals surface area contributed by atoms with Crippen molar-refractivity contribution in [1.82, 2.24) is 19.1 Å². The fourth-order valence-corrected chi connectivity index (χ4v) is 7.47. The highest BCUT2D eigenvalue weighted by Gasteiger charge is 2.21. The van der Waals surface area contributed by atoms with E-state index in [4.69, 9.17) is 9.97 Å². The third-order valence-corrected chi connectivity index (χ3v) is 9.43. The van der Waals surface area contributed by atoms with E-state index in [2.05, 4.69) is 150 Å². The van der Waals surface area contributed by atoms with Crippen molar-refractivity contribution in [2.24, 2.45) is 0 Å². The highest BCUT2D eigenvalue weighted by molar-refractivity contribution is 6.29.